The Hall–Kier alpha value is -2.75. The first-order valence-electron chi connectivity index (χ1n) is 7.64. The molecule has 2 aromatic carbocycles. The average molecular weight is 309 g/mol. The number of nitrogens with one attached hydrogen (secondary N) is 1. The summed E-state index contributed by atoms with van der Waals surface area (Å²) in [5.74, 6) is 0.925. The van der Waals surface area contributed by atoms with Crippen LogP contribution in [0.25, 0.3) is 11.0 Å². The van der Waals surface area contributed by atoms with Crippen molar-refractivity contribution in [3.63, 3.8) is 0 Å². The monoisotopic (exact) mass is 309 g/mol. The smallest absolute Gasteiger partial charge is 0.287 e. The molecule has 0 spiro atoms. The first-order chi connectivity index (χ1) is 11.2. The average Bonchev–Trinajstić information content (AvgIpc) is 3.04. The van der Waals surface area contributed by atoms with Gasteiger partial charge in [-0.05, 0) is 36.2 Å². The molecule has 0 aliphatic rings. The molecular weight excluding hydrogens is 290 g/mol. The molecular formula is C19H19NO3. The summed E-state index contributed by atoms with van der Waals surface area (Å²) in [5.41, 5.74) is 1.76. The molecule has 0 saturated carbocycles. The number of hydrogen-bond acceptors (Lipinski definition) is 3. The molecule has 1 N–H and O–H groups in total. The number of rotatable bonds is 5. The van der Waals surface area contributed by atoms with Gasteiger partial charge in [0.2, 0.25) is 0 Å². The van der Waals surface area contributed by atoms with Crippen molar-refractivity contribution in [2.75, 3.05) is 7.11 Å². The molecule has 3 aromatic rings. The van der Waals surface area contributed by atoms with E-state index < -0.39 is 0 Å². The van der Waals surface area contributed by atoms with Gasteiger partial charge >= 0.3 is 0 Å². The van der Waals surface area contributed by atoms with Gasteiger partial charge in [0.15, 0.2) is 5.76 Å². The van der Waals surface area contributed by atoms with E-state index in [2.05, 4.69) is 5.32 Å². The second-order valence-electron chi connectivity index (χ2n) is 5.36. The lowest BCUT2D eigenvalue weighted by atomic mass is 10.0. The molecule has 4 nitrogen and oxygen atoms in total. The summed E-state index contributed by atoms with van der Waals surface area (Å²) >= 11 is 0. The van der Waals surface area contributed by atoms with E-state index in [1.54, 1.807) is 13.2 Å². The fraction of sp³-hybridized carbons (Fsp3) is 0.211. The fourth-order valence-electron chi connectivity index (χ4n) is 2.58. The second-order valence-corrected chi connectivity index (χ2v) is 5.36. The number of furan rings is 1. The van der Waals surface area contributed by atoms with Crippen LogP contribution in [0.15, 0.2) is 59.0 Å². The number of carbonyl (C=O) groups is 1. The summed E-state index contributed by atoms with van der Waals surface area (Å²) in [6, 6.07) is 17.0. The molecule has 4 heteroatoms. The van der Waals surface area contributed by atoms with E-state index >= 15 is 0 Å². The molecule has 0 bridgehead atoms. The van der Waals surface area contributed by atoms with Crippen molar-refractivity contribution in [2.24, 2.45) is 0 Å². The third-order valence-electron chi connectivity index (χ3n) is 3.88. The van der Waals surface area contributed by atoms with Gasteiger partial charge in [-0.3, -0.25) is 4.79 Å². The Labute approximate surface area is 135 Å². The van der Waals surface area contributed by atoms with Crippen molar-refractivity contribution in [3.05, 3.63) is 65.9 Å². The van der Waals surface area contributed by atoms with Crippen LogP contribution in [-0.2, 0) is 0 Å². The molecule has 0 radical (unpaired) electrons. The maximum atomic E-state index is 12.5. The molecule has 1 amide bonds. The van der Waals surface area contributed by atoms with Gasteiger partial charge in [-0.15, -0.1) is 0 Å². The third kappa shape index (κ3) is 3.21. The Morgan fingerprint density at radius 1 is 1.17 bits per heavy atom. The van der Waals surface area contributed by atoms with Gasteiger partial charge in [-0.2, -0.15) is 0 Å². The molecule has 0 fully saturated rings. The molecule has 0 saturated heterocycles. The number of para-hydroxylation sites is 1. The Bertz CT molecular complexity index is 772. The molecule has 1 atom stereocenters. The lowest BCUT2D eigenvalue weighted by Crippen LogP contribution is -2.27. The van der Waals surface area contributed by atoms with Crippen LogP contribution in [0.2, 0.25) is 0 Å². The topological polar surface area (TPSA) is 51.5 Å². The van der Waals surface area contributed by atoms with E-state index in [9.17, 15) is 4.79 Å². The standard InChI is InChI=1S/C19H19NO3/c1-3-16(13-8-10-15(22-2)11-9-13)20-19(21)18-12-14-6-4-5-7-17(14)23-18/h4-12,16H,3H2,1-2H3,(H,20,21)/t16-/m0/s1. The maximum Gasteiger partial charge on any atom is 0.287 e. The molecule has 0 aliphatic heterocycles. The lowest BCUT2D eigenvalue weighted by Gasteiger charge is -2.17. The number of methoxy groups -OCH3 is 1. The SMILES string of the molecule is CC[C@H](NC(=O)c1cc2ccccc2o1)c1ccc(OC)cc1. The highest BCUT2D eigenvalue weighted by molar-refractivity contribution is 5.96. The first kappa shape index (κ1) is 15.2. The van der Waals surface area contributed by atoms with Crippen molar-refractivity contribution in [3.8, 4) is 5.75 Å². The molecule has 23 heavy (non-hydrogen) atoms. The summed E-state index contributed by atoms with van der Waals surface area (Å²) in [5, 5.41) is 3.95. The van der Waals surface area contributed by atoms with Gasteiger partial charge in [0.05, 0.1) is 13.2 Å². The van der Waals surface area contributed by atoms with Gasteiger partial charge in [0.25, 0.3) is 5.91 Å². The number of carbonyl (C=O) groups excluding carboxylic acids is 1. The van der Waals surface area contributed by atoms with Crippen molar-refractivity contribution >= 4 is 16.9 Å². The minimum absolute atomic E-state index is 0.0679. The highest BCUT2D eigenvalue weighted by atomic mass is 16.5. The van der Waals surface area contributed by atoms with Crippen LogP contribution in [0.4, 0.5) is 0 Å². The number of hydrogen-bond donors (Lipinski definition) is 1. The number of benzene rings is 2. The lowest BCUT2D eigenvalue weighted by molar-refractivity contribution is 0.0909. The molecule has 0 aliphatic carbocycles. The van der Waals surface area contributed by atoms with Crippen molar-refractivity contribution < 1.29 is 13.9 Å². The zero-order valence-electron chi connectivity index (χ0n) is 13.2. The Morgan fingerprint density at radius 3 is 2.57 bits per heavy atom. The summed E-state index contributed by atoms with van der Waals surface area (Å²) < 4.78 is 10.8. The largest absolute Gasteiger partial charge is 0.497 e. The van der Waals surface area contributed by atoms with Crippen LogP contribution in [0.1, 0.15) is 35.5 Å². The van der Waals surface area contributed by atoms with Crippen LogP contribution in [0.3, 0.4) is 0 Å². The predicted molar refractivity (Wildman–Crippen MR) is 89.7 cm³/mol. The Kier molecular flexibility index (Phi) is 4.33. The van der Waals surface area contributed by atoms with E-state index in [1.807, 2.05) is 55.5 Å². The fourth-order valence-corrected chi connectivity index (χ4v) is 2.58. The van der Waals surface area contributed by atoms with Gasteiger partial charge in [-0.25, -0.2) is 0 Å². The van der Waals surface area contributed by atoms with Crippen molar-refractivity contribution in [2.45, 2.75) is 19.4 Å². The normalized spacial score (nSPS) is 12.1. The summed E-state index contributed by atoms with van der Waals surface area (Å²) in [4.78, 5) is 12.5. The Morgan fingerprint density at radius 2 is 1.91 bits per heavy atom. The molecule has 118 valence electrons. The van der Waals surface area contributed by atoms with Crippen LogP contribution in [0.5, 0.6) is 5.75 Å². The quantitative estimate of drug-likeness (QED) is 0.763. The van der Waals surface area contributed by atoms with Crippen molar-refractivity contribution in [1.82, 2.24) is 5.32 Å². The van der Waals surface area contributed by atoms with Crippen LogP contribution in [0, 0.1) is 0 Å². The second kappa shape index (κ2) is 6.57. The highest BCUT2D eigenvalue weighted by Gasteiger charge is 2.17. The molecule has 3 rings (SSSR count). The first-order valence-corrected chi connectivity index (χ1v) is 7.64. The van der Waals surface area contributed by atoms with Crippen LogP contribution >= 0.6 is 0 Å². The van der Waals surface area contributed by atoms with Gasteiger partial charge in [0, 0.05) is 5.39 Å². The minimum Gasteiger partial charge on any atom is -0.497 e. The minimum atomic E-state index is -0.205. The van der Waals surface area contributed by atoms with Crippen molar-refractivity contribution in [1.29, 1.82) is 0 Å². The molecule has 0 unspecified atom stereocenters. The van der Waals surface area contributed by atoms with Crippen LogP contribution in [-0.4, -0.2) is 13.0 Å². The number of amides is 1. The number of ether oxygens (including phenoxy) is 1. The maximum absolute atomic E-state index is 12.5. The van der Waals surface area contributed by atoms with E-state index in [0.29, 0.717) is 5.76 Å². The summed E-state index contributed by atoms with van der Waals surface area (Å²) in [6.07, 6.45) is 0.790. The molecule has 1 aromatic heterocycles. The van der Waals surface area contributed by atoms with E-state index in [-0.39, 0.29) is 11.9 Å². The van der Waals surface area contributed by atoms with E-state index in [1.165, 1.54) is 0 Å². The zero-order chi connectivity index (χ0) is 16.2. The van der Waals surface area contributed by atoms with Gasteiger partial charge in [-0.1, -0.05) is 37.3 Å². The van der Waals surface area contributed by atoms with Crippen LogP contribution < -0.4 is 10.1 Å². The van der Waals surface area contributed by atoms with E-state index in [0.717, 1.165) is 28.7 Å². The van der Waals surface area contributed by atoms with Gasteiger partial charge < -0.3 is 14.5 Å². The Balaban J connectivity index is 1.78. The molecule has 1 heterocycles. The summed E-state index contributed by atoms with van der Waals surface area (Å²) in [7, 11) is 1.63. The highest BCUT2D eigenvalue weighted by Crippen LogP contribution is 2.22. The van der Waals surface area contributed by atoms with Gasteiger partial charge in [0.1, 0.15) is 11.3 Å². The predicted octanol–water partition coefficient (Wildman–Crippen LogP) is 4.32. The zero-order valence-corrected chi connectivity index (χ0v) is 13.2. The summed E-state index contributed by atoms with van der Waals surface area (Å²) in [6.45, 7) is 2.04. The number of fused-ring (bicyclic) bond motifs is 1. The van der Waals surface area contributed by atoms with E-state index in [4.69, 9.17) is 9.15 Å². The third-order valence-corrected chi connectivity index (χ3v) is 3.88.